The van der Waals surface area contributed by atoms with Gasteiger partial charge >= 0.3 is 6.61 Å². The van der Waals surface area contributed by atoms with E-state index in [0.29, 0.717) is 0 Å². The maximum atomic E-state index is 12.1. The third-order valence-electron chi connectivity index (χ3n) is 3.24. The molecule has 1 aromatic rings. The predicted octanol–water partition coefficient (Wildman–Crippen LogP) is 3.53. The van der Waals surface area contributed by atoms with Crippen LogP contribution in [0.1, 0.15) is 32.4 Å². The minimum absolute atomic E-state index is 0.159. The Labute approximate surface area is 126 Å². The highest BCUT2D eigenvalue weighted by Gasteiger charge is 2.19. The molecule has 1 unspecified atom stereocenters. The van der Waals surface area contributed by atoms with Crippen LogP contribution in [0, 0.1) is 5.41 Å². The average molecular weight is 300 g/mol. The van der Waals surface area contributed by atoms with Gasteiger partial charge in [0.1, 0.15) is 5.75 Å². The molecule has 5 heteroatoms. The molecule has 0 heterocycles. The Balaban J connectivity index is 2.53. The molecule has 0 saturated heterocycles. The SMILES string of the molecule is CC(NCC(C)(C)CN(C)C)c1ccc(OC(F)F)cc1. The molecule has 120 valence electrons. The Morgan fingerprint density at radius 3 is 2.24 bits per heavy atom. The molecule has 0 aromatic heterocycles. The van der Waals surface area contributed by atoms with Crippen molar-refractivity contribution in [1.29, 1.82) is 0 Å². The Hall–Kier alpha value is -1.20. The smallest absolute Gasteiger partial charge is 0.387 e. The van der Waals surface area contributed by atoms with Crippen LogP contribution in [-0.4, -0.2) is 38.7 Å². The largest absolute Gasteiger partial charge is 0.435 e. The summed E-state index contributed by atoms with van der Waals surface area (Å²) >= 11 is 0. The maximum absolute atomic E-state index is 12.1. The molecule has 1 rings (SSSR count). The van der Waals surface area contributed by atoms with Crippen LogP contribution >= 0.6 is 0 Å². The highest BCUT2D eigenvalue weighted by Crippen LogP contribution is 2.21. The summed E-state index contributed by atoms with van der Waals surface area (Å²) in [6.45, 7) is 5.58. The van der Waals surface area contributed by atoms with Crippen LogP contribution in [0.3, 0.4) is 0 Å². The summed E-state index contributed by atoms with van der Waals surface area (Å²) in [6.07, 6.45) is 0. The molecule has 0 aliphatic carbocycles. The van der Waals surface area contributed by atoms with E-state index in [9.17, 15) is 8.78 Å². The van der Waals surface area contributed by atoms with Gasteiger partial charge in [0.05, 0.1) is 0 Å². The molecule has 0 amide bonds. The zero-order valence-electron chi connectivity index (χ0n) is 13.5. The lowest BCUT2D eigenvalue weighted by Gasteiger charge is -2.30. The van der Waals surface area contributed by atoms with Crippen molar-refractivity contribution in [1.82, 2.24) is 10.2 Å². The third-order valence-corrected chi connectivity index (χ3v) is 3.24. The van der Waals surface area contributed by atoms with Crippen molar-refractivity contribution in [3.63, 3.8) is 0 Å². The summed E-state index contributed by atoms with van der Waals surface area (Å²) in [5, 5.41) is 3.49. The lowest BCUT2D eigenvalue weighted by molar-refractivity contribution is -0.0498. The summed E-state index contributed by atoms with van der Waals surface area (Å²) < 4.78 is 28.5. The van der Waals surface area contributed by atoms with Crippen LogP contribution in [0.2, 0.25) is 0 Å². The van der Waals surface area contributed by atoms with E-state index < -0.39 is 6.61 Å². The lowest BCUT2D eigenvalue weighted by atomic mass is 9.92. The van der Waals surface area contributed by atoms with Gasteiger partial charge in [0.2, 0.25) is 0 Å². The zero-order chi connectivity index (χ0) is 16.0. The summed E-state index contributed by atoms with van der Waals surface area (Å²) in [6, 6.07) is 6.94. The highest BCUT2D eigenvalue weighted by atomic mass is 19.3. The number of alkyl halides is 2. The van der Waals surface area contributed by atoms with Gasteiger partial charge in [0, 0.05) is 19.1 Å². The average Bonchev–Trinajstić information content (AvgIpc) is 2.34. The standard InChI is InChI=1S/C16H26F2N2O/c1-12(19-10-16(2,3)11-20(4)5)13-6-8-14(9-7-13)21-15(17)18/h6-9,12,15,19H,10-11H2,1-5H3. The number of rotatable bonds is 8. The first-order valence-corrected chi connectivity index (χ1v) is 7.12. The van der Waals surface area contributed by atoms with Gasteiger partial charge < -0.3 is 15.0 Å². The topological polar surface area (TPSA) is 24.5 Å². The van der Waals surface area contributed by atoms with E-state index in [1.165, 1.54) is 0 Å². The van der Waals surface area contributed by atoms with E-state index in [-0.39, 0.29) is 17.2 Å². The van der Waals surface area contributed by atoms with Crippen LogP contribution < -0.4 is 10.1 Å². The molecule has 0 aliphatic heterocycles. The summed E-state index contributed by atoms with van der Waals surface area (Å²) in [7, 11) is 4.12. The number of nitrogens with one attached hydrogen (secondary N) is 1. The summed E-state index contributed by atoms with van der Waals surface area (Å²) in [5.41, 5.74) is 1.22. The van der Waals surface area contributed by atoms with Gasteiger partial charge in [0.15, 0.2) is 0 Å². The Bertz CT molecular complexity index is 419. The second-order valence-corrected chi connectivity index (χ2v) is 6.45. The minimum atomic E-state index is -2.78. The van der Waals surface area contributed by atoms with Crippen LogP contribution in [0.15, 0.2) is 24.3 Å². The van der Waals surface area contributed by atoms with Gasteiger partial charge in [-0.05, 0) is 44.1 Å². The molecule has 0 radical (unpaired) electrons. The molecule has 3 nitrogen and oxygen atoms in total. The fourth-order valence-electron chi connectivity index (χ4n) is 2.40. The van der Waals surface area contributed by atoms with E-state index in [4.69, 9.17) is 0 Å². The van der Waals surface area contributed by atoms with Crippen molar-refractivity contribution in [3.05, 3.63) is 29.8 Å². The van der Waals surface area contributed by atoms with E-state index in [0.717, 1.165) is 18.7 Å². The fourth-order valence-corrected chi connectivity index (χ4v) is 2.40. The molecule has 0 fully saturated rings. The van der Waals surface area contributed by atoms with Crippen molar-refractivity contribution in [2.24, 2.45) is 5.41 Å². The Morgan fingerprint density at radius 1 is 1.19 bits per heavy atom. The lowest BCUT2D eigenvalue weighted by Crippen LogP contribution is -2.38. The van der Waals surface area contributed by atoms with Gasteiger partial charge in [-0.15, -0.1) is 0 Å². The summed E-state index contributed by atoms with van der Waals surface area (Å²) in [5.74, 6) is 0.189. The van der Waals surface area contributed by atoms with Crippen molar-refractivity contribution >= 4 is 0 Å². The number of halogens is 2. The predicted molar refractivity (Wildman–Crippen MR) is 81.8 cm³/mol. The van der Waals surface area contributed by atoms with E-state index in [1.54, 1.807) is 12.1 Å². The number of nitrogens with zero attached hydrogens (tertiary/aromatic N) is 1. The van der Waals surface area contributed by atoms with E-state index in [2.05, 4.69) is 49.8 Å². The molecule has 1 aromatic carbocycles. The summed E-state index contributed by atoms with van der Waals surface area (Å²) in [4.78, 5) is 2.17. The number of benzene rings is 1. The molecule has 1 N–H and O–H groups in total. The van der Waals surface area contributed by atoms with Gasteiger partial charge in [0.25, 0.3) is 0 Å². The van der Waals surface area contributed by atoms with Crippen LogP contribution in [0.5, 0.6) is 5.75 Å². The molecule has 0 aliphatic rings. The van der Waals surface area contributed by atoms with Crippen LogP contribution in [0.4, 0.5) is 8.78 Å². The van der Waals surface area contributed by atoms with E-state index >= 15 is 0 Å². The third kappa shape index (κ3) is 6.87. The first kappa shape index (κ1) is 17.9. The first-order valence-electron chi connectivity index (χ1n) is 7.12. The van der Waals surface area contributed by atoms with E-state index in [1.807, 2.05) is 12.1 Å². The first-order chi connectivity index (χ1) is 9.69. The van der Waals surface area contributed by atoms with Gasteiger partial charge in [-0.25, -0.2) is 0 Å². The maximum Gasteiger partial charge on any atom is 0.387 e. The quantitative estimate of drug-likeness (QED) is 0.795. The van der Waals surface area contributed by atoms with Gasteiger partial charge in [-0.1, -0.05) is 26.0 Å². The second-order valence-electron chi connectivity index (χ2n) is 6.45. The molecule has 0 bridgehead atoms. The minimum Gasteiger partial charge on any atom is -0.435 e. The van der Waals surface area contributed by atoms with Gasteiger partial charge in [-0.2, -0.15) is 8.78 Å². The molecule has 21 heavy (non-hydrogen) atoms. The number of ether oxygens (including phenoxy) is 1. The Kier molecular flexibility index (Phi) is 6.55. The highest BCUT2D eigenvalue weighted by molar-refractivity contribution is 5.28. The molecule has 0 saturated carbocycles. The Morgan fingerprint density at radius 2 is 1.76 bits per heavy atom. The van der Waals surface area contributed by atoms with Crippen LogP contribution in [-0.2, 0) is 0 Å². The number of hydrogen-bond acceptors (Lipinski definition) is 3. The normalized spacial score (nSPS) is 13.8. The second kappa shape index (κ2) is 7.71. The number of hydrogen-bond donors (Lipinski definition) is 1. The molecular formula is C16H26F2N2O. The van der Waals surface area contributed by atoms with Crippen molar-refractivity contribution < 1.29 is 13.5 Å². The molecule has 0 spiro atoms. The zero-order valence-corrected chi connectivity index (χ0v) is 13.5. The van der Waals surface area contributed by atoms with Crippen LogP contribution in [0.25, 0.3) is 0 Å². The van der Waals surface area contributed by atoms with Crippen molar-refractivity contribution in [2.45, 2.75) is 33.4 Å². The van der Waals surface area contributed by atoms with Gasteiger partial charge in [-0.3, -0.25) is 0 Å². The molecule has 1 atom stereocenters. The van der Waals surface area contributed by atoms with Crippen molar-refractivity contribution in [3.8, 4) is 5.75 Å². The van der Waals surface area contributed by atoms with Crippen molar-refractivity contribution in [2.75, 3.05) is 27.2 Å². The fraction of sp³-hybridized carbons (Fsp3) is 0.625. The monoisotopic (exact) mass is 300 g/mol. The molecular weight excluding hydrogens is 274 g/mol.